The summed E-state index contributed by atoms with van der Waals surface area (Å²) >= 11 is 0. The molecule has 1 aliphatic heterocycles. The van der Waals surface area contributed by atoms with Gasteiger partial charge < -0.3 is 10.2 Å². The molecule has 1 heterocycles. The zero-order chi connectivity index (χ0) is 20.3. The molecule has 0 unspecified atom stereocenters. The van der Waals surface area contributed by atoms with Crippen LogP contribution in [0.2, 0.25) is 0 Å². The topological polar surface area (TPSA) is 27.6 Å². The normalized spacial score (nSPS) is 16.0. The molecule has 1 aromatic rings. The number of hydrogen-bond acceptors (Lipinski definition) is 2. The van der Waals surface area contributed by atoms with Crippen molar-refractivity contribution in [1.82, 2.24) is 10.2 Å². The first kappa shape index (κ1) is 23.2. The lowest BCUT2D eigenvalue weighted by Crippen LogP contribution is -2.46. The molecule has 0 radical (unpaired) electrons. The second kappa shape index (κ2) is 11.8. The van der Waals surface area contributed by atoms with Crippen molar-refractivity contribution in [2.45, 2.75) is 46.2 Å². The zero-order valence-corrected chi connectivity index (χ0v) is 16.9. The van der Waals surface area contributed by atoms with Gasteiger partial charge >= 0.3 is 6.18 Å². The van der Waals surface area contributed by atoms with Gasteiger partial charge in [0.15, 0.2) is 0 Å². The third-order valence-electron chi connectivity index (χ3n) is 4.35. The Bertz CT molecular complexity index is 598. The Morgan fingerprint density at radius 1 is 1.19 bits per heavy atom. The van der Waals surface area contributed by atoms with Gasteiger partial charge in [-0.25, -0.2) is 0 Å². The Balaban J connectivity index is 0.000000289. The van der Waals surface area contributed by atoms with Crippen molar-refractivity contribution in [3.8, 4) is 0 Å². The maximum Gasteiger partial charge on any atom is 0.416 e. The lowest BCUT2D eigenvalue weighted by Gasteiger charge is -2.29. The Hall–Kier alpha value is -1.82. The molecule has 6 heteroatoms. The number of nitrogens with zero attached hydrogens (tertiary/aromatic N) is 2. The number of alkyl halides is 3. The number of allylic oxidation sites excluding steroid dienone is 1. The number of benzene rings is 1. The van der Waals surface area contributed by atoms with E-state index in [2.05, 4.69) is 35.1 Å². The molecule has 0 bridgehead atoms. The van der Waals surface area contributed by atoms with Gasteiger partial charge in [-0.05, 0) is 44.9 Å². The minimum atomic E-state index is -4.21. The number of unbranched alkanes of at least 4 members (excludes halogenated alkanes) is 1. The third kappa shape index (κ3) is 9.09. The van der Waals surface area contributed by atoms with E-state index in [1.807, 2.05) is 7.05 Å². The standard InChI is InChI=1S/C13H25N3.C8H7F3/c1-4-5-6-12(2)11-13(14-3)16-9-7-15-8-10-16;1-6-2-4-7(5-3-6)8(9,10)11/h11,15H,4-10H2,1-3H3;2-5H,1H3/b12-11-,14-13?;. The minimum Gasteiger partial charge on any atom is -0.354 e. The summed E-state index contributed by atoms with van der Waals surface area (Å²) in [6, 6.07) is 5.05. The molecule has 1 saturated heterocycles. The molecule has 0 amide bonds. The number of piperazine rings is 1. The van der Waals surface area contributed by atoms with Crippen LogP contribution in [0.25, 0.3) is 0 Å². The fourth-order valence-corrected chi connectivity index (χ4v) is 2.68. The molecule has 1 fully saturated rings. The van der Waals surface area contributed by atoms with Gasteiger partial charge in [-0.2, -0.15) is 13.2 Å². The fourth-order valence-electron chi connectivity index (χ4n) is 2.68. The predicted octanol–water partition coefficient (Wildman–Crippen LogP) is 5.07. The highest BCUT2D eigenvalue weighted by molar-refractivity contribution is 5.93. The van der Waals surface area contributed by atoms with Crippen LogP contribution in [0.15, 0.2) is 40.9 Å². The largest absolute Gasteiger partial charge is 0.416 e. The molecule has 27 heavy (non-hydrogen) atoms. The van der Waals surface area contributed by atoms with Gasteiger partial charge in [-0.3, -0.25) is 4.99 Å². The molecule has 0 aliphatic carbocycles. The molecule has 3 nitrogen and oxygen atoms in total. The summed E-state index contributed by atoms with van der Waals surface area (Å²) in [5, 5.41) is 3.36. The fraction of sp³-hybridized carbons (Fsp3) is 0.571. The summed E-state index contributed by atoms with van der Waals surface area (Å²) in [6.07, 6.45) is 1.77. The van der Waals surface area contributed by atoms with Crippen LogP contribution in [0.4, 0.5) is 13.2 Å². The highest BCUT2D eigenvalue weighted by Gasteiger charge is 2.29. The Morgan fingerprint density at radius 2 is 1.78 bits per heavy atom. The molecule has 1 N–H and O–H groups in total. The van der Waals surface area contributed by atoms with Gasteiger partial charge in [0.05, 0.1) is 5.56 Å². The molecule has 0 spiro atoms. The SMILES string of the molecule is CCCC/C(C)=C\C(=NC)N1CCNCC1.Cc1ccc(C(F)(F)F)cc1. The van der Waals surface area contributed by atoms with Crippen molar-refractivity contribution < 1.29 is 13.2 Å². The lowest BCUT2D eigenvalue weighted by atomic mass is 10.1. The summed E-state index contributed by atoms with van der Waals surface area (Å²) in [6.45, 7) is 10.5. The van der Waals surface area contributed by atoms with Gasteiger partial charge in [0.1, 0.15) is 5.84 Å². The first-order chi connectivity index (χ1) is 12.8. The second-order valence-electron chi connectivity index (χ2n) is 6.78. The maximum absolute atomic E-state index is 11.9. The summed E-state index contributed by atoms with van der Waals surface area (Å²) < 4.78 is 35.8. The Morgan fingerprint density at radius 3 is 2.26 bits per heavy atom. The van der Waals surface area contributed by atoms with Gasteiger partial charge in [0, 0.05) is 33.2 Å². The van der Waals surface area contributed by atoms with Crippen LogP contribution in [0.3, 0.4) is 0 Å². The van der Waals surface area contributed by atoms with Crippen LogP contribution < -0.4 is 5.32 Å². The van der Waals surface area contributed by atoms with Crippen LogP contribution in [0, 0.1) is 6.92 Å². The maximum atomic E-state index is 11.9. The number of amidine groups is 1. The third-order valence-corrected chi connectivity index (χ3v) is 4.35. The van der Waals surface area contributed by atoms with Crippen molar-refractivity contribution in [3.05, 3.63) is 47.0 Å². The quantitative estimate of drug-likeness (QED) is 0.581. The molecular weight excluding hydrogens is 351 g/mol. The van der Waals surface area contributed by atoms with E-state index in [1.54, 1.807) is 6.92 Å². The van der Waals surface area contributed by atoms with Crippen LogP contribution in [-0.4, -0.2) is 44.0 Å². The van der Waals surface area contributed by atoms with Crippen LogP contribution >= 0.6 is 0 Å². The van der Waals surface area contributed by atoms with Gasteiger partial charge in [0.2, 0.25) is 0 Å². The number of aliphatic imine (C=N–C) groups is 1. The summed E-state index contributed by atoms with van der Waals surface area (Å²) in [5.41, 5.74) is 1.68. The van der Waals surface area contributed by atoms with Crippen molar-refractivity contribution in [3.63, 3.8) is 0 Å². The number of nitrogens with one attached hydrogen (secondary N) is 1. The van der Waals surface area contributed by atoms with E-state index in [9.17, 15) is 13.2 Å². The van der Waals surface area contributed by atoms with Crippen LogP contribution in [0.1, 0.15) is 44.2 Å². The second-order valence-corrected chi connectivity index (χ2v) is 6.78. The van der Waals surface area contributed by atoms with E-state index in [4.69, 9.17) is 0 Å². The average molecular weight is 384 g/mol. The van der Waals surface area contributed by atoms with Gasteiger partial charge in [0.25, 0.3) is 0 Å². The minimum absolute atomic E-state index is 0.594. The van der Waals surface area contributed by atoms with Crippen LogP contribution in [-0.2, 0) is 6.18 Å². The van der Waals surface area contributed by atoms with Crippen molar-refractivity contribution in [1.29, 1.82) is 0 Å². The van der Waals surface area contributed by atoms with Crippen molar-refractivity contribution in [2.75, 3.05) is 33.2 Å². The first-order valence-corrected chi connectivity index (χ1v) is 9.51. The first-order valence-electron chi connectivity index (χ1n) is 9.51. The number of hydrogen-bond donors (Lipinski definition) is 1. The smallest absolute Gasteiger partial charge is 0.354 e. The highest BCUT2D eigenvalue weighted by Crippen LogP contribution is 2.28. The van der Waals surface area contributed by atoms with E-state index in [0.29, 0.717) is 0 Å². The van der Waals surface area contributed by atoms with Crippen LogP contribution in [0.5, 0.6) is 0 Å². The molecule has 0 aromatic heterocycles. The summed E-state index contributed by atoms with van der Waals surface area (Å²) in [5.74, 6) is 1.15. The van der Waals surface area contributed by atoms with E-state index < -0.39 is 11.7 Å². The van der Waals surface area contributed by atoms with E-state index >= 15 is 0 Å². The zero-order valence-electron chi connectivity index (χ0n) is 16.9. The van der Waals surface area contributed by atoms with Crippen molar-refractivity contribution >= 4 is 5.84 Å². The number of rotatable bonds is 4. The van der Waals surface area contributed by atoms with Gasteiger partial charge in [-0.15, -0.1) is 0 Å². The van der Waals surface area contributed by atoms with Gasteiger partial charge in [-0.1, -0.05) is 36.6 Å². The molecular formula is C21H32F3N3. The predicted molar refractivity (Wildman–Crippen MR) is 107 cm³/mol. The number of aryl methyl sites for hydroxylation is 1. The van der Waals surface area contributed by atoms with E-state index in [0.717, 1.165) is 49.7 Å². The molecule has 0 saturated carbocycles. The summed E-state index contributed by atoms with van der Waals surface area (Å²) in [7, 11) is 1.89. The Labute approximate surface area is 161 Å². The molecule has 1 aromatic carbocycles. The van der Waals surface area contributed by atoms with E-state index in [-0.39, 0.29) is 0 Å². The molecule has 152 valence electrons. The molecule has 0 atom stereocenters. The average Bonchev–Trinajstić information content (AvgIpc) is 2.65. The monoisotopic (exact) mass is 383 g/mol. The highest BCUT2D eigenvalue weighted by atomic mass is 19.4. The van der Waals surface area contributed by atoms with Crippen molar-refractivity contribution in [2.24, 2.45) is 4.99 Å². The summed E-state index contributed by atoms with van der Waals surface area (Å²) in [4.78, 5) is 6.77. The molecule has 2 rings (SSSR count). The Kier molecular flexibility index (Phi) is 10.1. The number of halogens is 3. The van der Waals surface area contributed by atoms with E-state index in [1.165, 1.54) is 37.0 Å². The molecule has 1 aliphatic rings. The lowest BCUT2D eigenvalue weighted by molar-refractivity contribution is -0.137.